The molecule has 0 bridgehead atoms. The van der Waals surface area contributed by atoms with Crippen molar-refractivity contribution in [3.05, 3.63) is 34.6 Å². The quantitative estimate of drug-likeness (QED) is 0.938. The van der Waals surface area contributed by atoms with Crippen molar-refractivity contribution in [2.24, 2.45) is 5.73 Å². The van der Waals surface area contributed by atoms with Gasteiger partial charge in [0.05, 0.1) is 5.02 Å². The van der Waals surface area contributed by atoms with Crippen LogP contribution in [-0.4, -0.2) is 21.3 Å². The number of hydrogen-bond donors (Lipinski definition) is 1. The lowest BCUT2D eigenvalue weighted by molar-refractivity contribution is 0.591. The minimum absolute atomic E-state index is 0.639. The molecule has 0 aliphatic carbocycles. The predicted octanol–water partition coefficient (Wildman–Crippen LogP) is 3.31. The van der Waals surface area contributed by atoms with Crippen molar-refractivity contribution in [2.75, 3.05) is 6.54 Å². The number of fused-ring (bicyclic) bond motifs is 1. The monoisotopic (exact) mass is 322 g/mol. The number of nitrogens with two attached hydrogens (primary N) is 1. The lowest BCUT2D eigenvalue weighted by Gasteiger charge is -2.08. The third-order valence-electron chi connectivity index (χ3n) is 3.71. The van der Waals surface area contributed by atoms with Crippen LogP contribution in [-0.2, 0) is 19.4 Å². The molecule has 0 radical (unpaired) electrons. The fourth-order valence-corrected chi connectivity index (χ4v) is 3.78. The molecule has 6 heteroatoms. The zero-order valence-corrected chi connectivity index (χ0v) is 13.5. The van der Waals surface area contributed by atoms with Crippen molar-refractivity contribution < 1.29 is 0 Å². The van der Waals surface area contributed by atoms with Crippen molar-refractivity contribution in [2.45, 2.75) is 48.7 Å². The van der Waals surface area contributed by atoms with Crippen LogP contribution in [0.2, 0.25) is 5.02 Å². The van der Waals surface area contributed by atoms with Crippen LogP contribution in [0.15, 0.2) is 28.3 Å². The summed E-state index contributed by atoms with van der Waals surface area (Å²) in [5.41, 5.74) is 6.75. The third kappa shape index (κ3) is 3.42. The first-order chi connectivity index (χ1) is 10.3. The summed E-state index contributed by atoms with van der Waals surface area (Å²) in [5.74, 6) is 1.10. The van der Waals surface area contributed by atoms with Gasteiger partial charge in [0.25, 0.3) is 0 Å². The van der Waals surface area contributed by atoms with Gasteiger partial charge in [-0.3, -0.25) is 0 Å². The molecule has 0 saturated carbocycles. The number of hydrogen-bond acceptors (Lipinski definition) is 4. The van der Waals surface area contributed by atoms with Crippen molar-refractivity contribution in [1.82, 2.24) is 14.8 Å². The molecule has 1 aromatic heterocycles. The van der Waals surface area contributed by atoms with E-state index in [0.717, 1.165) is 40.3 Å². The molecule has 2 heterocycles. The third-order valence-corrected chi connectivity index (χ3v) is 5.19. The molecule has 2 aromatic rings. The lowest BCUT2D eigenvalue weighted by Crippen LogP contribution is -2.03. The predicted molar refractivity (Wildman–Crippen MR) is 85.9 cm³/mol. The fraction of sp³-hybridized carbons (Fsp3) is 0.467. The molecule has 4 nitrogen and oxygen atoms in total. The maximum atomic E-state index is 6.38. The summed E-state index contributed by atoms with van der Waals surface area (Å²) < 4.78 is 2.24. The molecule has 0 atom stereocenters. The molecule has 0 saturated heterocycles. The van der Waals surface area contributed by atoms with Gasteiger partial charge in [0.1, 0.15) is 5.82 Å². The highest BCUT2D eigenvalue weighted by atomic mass is 35.5. The van der Waals surface area contributed by atoms with Crippen LogP contribution in [0.25, 0.3) is 0 Å². The van der Waals surface area contributed by atoms with E-state index in [1.165, 1.54) is 24.8 Å². The summed E-state index contributed by atoms with van der Waals surface area (Å²) in [6.45, 7) is 1.65. The highest BCUT2D eigenvalue weighted by Crippen LogP contribution is 2.34. The smallest absolute Gasteiger partial charge is 0.196 e. The molecule has 0 amide bonds. The summed E-state index contributed by atoms with van der Waals surface area (Å²) in [6, 6.07) is 6.13. The zero-order valence-electron chi connectivity index (χ0n) is 11.9. The van der Waals surface area contributed by atoms with E-state index in [1.807, 2.05) is 6.07 Å². The molecule has 0 unspecified atom stereocenters. The van der Waals surface area contributed by atoms with Gasteiger partial charge in [-0.15, -0.1) is 10.2 Å². The number of aryl methyl sites for hydroxylation is 1. The van der Waals surface area contributed by atoms with Gasteiger partial charge in [0, 0.05) is 17.9 Å². The van der Waals surface area contributed by atoms with Gasteiger partial charge in [0.15, 0.2) is 5.16 Å². The van der Waals surface area contributed by atoms with Crippen LogP contribution < -0.4 is 5.73 Å². The fourth-order valence-electron chi connectivity index (χ4n) is 2.58. The summed E-state index contributed by atoms with van der Waals surface area (Å²) in [5, 5.41) is 10.4. The van der Waals surface area contributed by atoms with Crippen LogP contribution in [0.4, 0.5) is 0 Å². The second kappa shape index (κ2) is 6.81. The Morgan fingerprint density at radius 1 is 1.24 bits per heavy atom. The average molecular weight is 323 g/mol. The molecular formula is C15H19ClN4S. The second-order valence-corrected chi connectivity index (χ2v) is 6.68. The molecule has 21 heavy (non-hydrogen) atoms. The Kier molecular flexibility index (Phi) is 4.83. The van der Waals surface area contributed by atoms with Crippen molar-refractivity contribution in [3.8, 4) is 0 Å². The van der Waals surface area contributed by atoms with E-state index in [2.05, 4.69) is 26.9 Å². The molecule has 1 aromatic carbocycles. The van der Waals surface area contributed by atoms with Crippen LogP contribution in [0.5, 0.6) is 0 Å². The lowest BCUT2D eigenvalue weighted by atomic mass is 10.1. The van der Waals surface area contributed by atoms with E-state index < -0.39 is 0 Å². The summed E-state index contributed by atoms with van der Waals surface area (Å²) in [7, 11) is 0. The maximum absolute atomic E-state index is 6.38. The largest absolute Gasteiger partial charge is 0.330 e. The zero-order chi connectivity index (χ0) is 14.7. The van der Waals surface area contributed by atoms with Gasteiger partial charge in [-0.2, -0.15) is 0 Å². The highest BCUT2D eigenvalue weighted by molar-refractivity contribution is 7.99. The highest BCUT2D eigenvalue weighted by Gasteiger charge is 2.16. The summed E-state index contributed by atoms with van der Waals surface area (Å²) in [4.78, 5) is 1.02. The van der Waals surface area contributed by atoms with Gasteiger partial charge in [0.2, 0.25) is 0 Å². The Morgan fingerprint density at radius 3 is 2.95 bits per heavy atom. The average Bonchev–Trinajstić information content (AvgIpc) is 2.70. The number of benzene rings is 1. The van der Waals surface area contributed by atoms with Crippen LogP contribution >= 0.6 is 23.4 Å². The SMILES string of the molecule is NCCc1ccc(Sc2nnc3n2CCCCC3)c(Cl)c1. The normalized spacial score (nSPS) is 14.8. The Balaban J connectivity index is 1.82. The van der Waals surface area contributed by atoms with Crippen molar-refractivity contribution >= 4 is 23.4 Å². The van der Waals surface area contributed by atoms with Crippen molar-refractivity contribution in [3.63, 3.8) is 0 Å². The molecule has 0 fully saturated rings. The van der Waals surface area contributed by atoms with E-state index in [4.69, 9.17) is 17.3 Å². The number of nitrogens with zero attached hydrogens (tertiary/aromatic N) is 3. The Hall–Kier alpha value is -1.04. The molecule has 0 spiro atoms. The van der Waals surface area contributed by atoms with Gasteiger partial charge in [-0.1, -0.05) is 24.1 Å². The molecule has 2 N–H and O–H groups in total. The summed E-state index contributed by atoms with van der Waals surface area (Å²) >= 11 is 7.98. The number of rotatable bonds is 4. The number of halogens is 1. The van der Waals surface area contributed by atoms with E-state index >= 15 is 0 Å². The molecule has 3 rings (SSSR count). The Labute approximate surface area is 134 Å². The van der Waals surface area contributed by atoms with E-state index in [9.17, 15) is 0 Å². The van der Waals surface area contributed by atoms with Crippen LogP contribution in [0, 0.1) is 0 Å². The summed E-state index contributed by atoms with van der Waals surface area (Å²) in [6.07, 6.45) is 5.54. The minimum Gasteiger partial charge on any atom is -0.330 e. The van der Waals surface area contributed by atoms with E-state index in [0.29, 0.717) is 6.54 Å². The topological polar surface area (TPSA) is 56.7 Å². The first-order valence-electron chi connectivity index (χ1n) is 7.36. The van der Waals surface area contributed by atoms with Crippen LogP contribution in [0.3, 0.4) is 0 Å². The Morgan fingerprint density at radius 2 is 2.14 bits per heavy atom. The first kappa shape index (κ1) is 14.9. The second-order valence-electron chi connectivity index (χ2n) is 5.27. The van der Waals surface area contributed by atoms with Gasteiger partial charge in [-0.05, 0) is 55.3 Å². The molecular weight excluding hydrogens is 304 g/mol. The van der Waals surface area contributed by atoms with E-state index in [1.54, 1.807) is 11.8 Å². The van der Waals surface area contributed by atoms with Gasteiger partial charge < -0.3 is 10.3 Å². The minimum atomic E-state index is 0.639. The molecule has 1 aliphatic rings. The molecule has 112 valence electrons. The van der Waals surface area contributed by atoms with Gasteiger partial charge >= 0.3 is 0 Å². The molecule has 1 aliphatic heterocycles. The number of aromatic nitrogens is 3. The first-order valence-corrected chi connectivity index (χ1v) is 8.56. The van der Waals surface area contributed by atoms with Gasteiger partial charge in [-0.25, -0.2) is 0 Å². The van der Waals surface area contributed by atoms with E-state index in [-0.39, 0.29) is 0 Å². The van der Waals surface area contributed by atoms with Crippen molar-refractivity contribution in [1.29, 1.82) is 0 Å². The standard InChI is InChI=1S/C15H19ClN4S/c16-12-10-11(7-8-17)5-6-13(12)21-15-19-18-14-4-2-1-3-9-20(14)15/h5-6,10H,1-4,7-9,17H2. The maximum Gasteiger partial charge on any atom is 0.196 e. The van der Waals surface area contributed by atoms with Crippen LogP contribution in [0.1, 0.15) is 30.7 Å². The Bertz CT molecular complexity index is 626.